The van der Waals surface area contributed by atoms with Crippen LogP contribution in [0.3, 0.4) is 0 Å². The van der Waals surface area contributed by atoms with E-state index >= 15 is 0 Å². The zero-order valence-electron chi connectivity index (χ0n) is 7.29. The molecule has 0 aromatic carbocycles. The number of nitrogens with two attached hydrogens (primary N) is 1. The molecule has 0 amide bonds. The molecule has 0 aliphatic rings. The molecule has 2 N–H and O–H groups in total. The van der Waals surface area contributed by atoms with E-state index in [0.717, 1.165) is 6.07 Å². The lowest BCUT2D eigenvalue weighted by molar-refractivity contribution is 0.151. The standard InChI is InChI=1S/C8H7F2N3O/c1-14-8-4(3-11)2-5(6(9)10)7(12)13-8/h2,6H,1H3,(H2,12,13). The number of halogens is 2. The summed E-state index contributed by atoms with van der Waals surface area (Å²) in [6.07, 6.45) is -2.75. The van der Waals surface area contributed by atoms with Gasteiger partial charge < -0.3 is 10.5 Å². The first-order valence-electron chi connectivity index (χ1n) is 3.62. The van der Waals surface area contributed by atoms with E-state index < -0.39 is 12.0 Å². The minimum Gasteiger partial charge on any atom is -0.480 e. The monoisotopic (exact) mass is 199 g/mol. The van der Waals surface area contributed by atoms with Crippen molar-refractivity contribution >= 4 is 5.82 Å². The number of alkyl halides is 2. The van der Waals surface area contributed by atoms with Gasteiger partial charge in [0.2, 0.25) is 5.88 Å². The Morgan fingerprint density at radius 1 is 1.64 bits per heavy atom. The van der Waals surface area contributed by atoms with Crippen LogP contribution in [0, 0.1) is 11.3 Å². The Hall–Kier alpha value is -1.90. The van der Waals surface area contributed by atoms with Gasteiger partial charge >= 0.3 is 0 Å². The number of nitriles is 1. The molecule has 1 rings (SSSR count). The Kier molecular flexibility index (Phi) is 2.82. The Labute approximate surface area is 78.9 Å². The molecule has 4 nitrogen and oxygen atoms in total. The van der Waals surface area contributed by atoms with Crippen LogP contribution in [-0.4, -0.2) is 12.1 Å². The van der Waals surface area contributed by atoms with Crippen molar-refractivity contribution in [2.75, 3.05) is 12.8 Å². The van der Waals surface area contributed by atoms with Crippen LogP contribution in [0.1, 0.15) is 17.6 Å². The van der Waals surface area contributed by atoms with Crippen LogP contribution in [0.4, 0.5) is 14.6 Å². The van der Waals surface area contributed by atoms with Gasteiger partial charge in [-0.1, -0.05) is 0 Å². The van der Waals surface area contributed by atoms with E-state index in [-0.39, 0.29) is 17.3 Å². The van der Waals surface area contributed by atoms with Crippen LogP contribution in [-0.2, 0) is 0 Å². The second kappa shape index (κ2) is 3.87. The van der Waals surface area contributed by atoms with Crippen molar-refractivity contribution in [3.05, 3.63) is 17.2 Å². The highest BCUT2D eigenvalue weighted by molar-refractivity contribution is 5.50. The third kappa shape index (κ3) is 1.71. The van der Waals surface area contributed by atoms with Crippen LogP contribution < -0.4 is 10.5 Å². The van der Waals surface area contributed by atoms with Crippen molar-refractivity contribution in [1.29, 1.82) is 5.26 Å². The number of methoxy groups -OCH3 is 1. The van der Waals surface area contributed by atoms with Gasteiger partial charge in [0.15, 0.2) is 0 Å². The van der Waals surface area contributed by atoms with Crippen LogP contribution in [0.25, 0.3) is 0 Å². The van der Waals surface area contributed by atoms with Gasteiger partial charge in [0.25, 0.3) is 6.43 Å². The van der Waals surface area contributed by atoms with E-state index in [2.05, 4.69) is 4.98 Å². The average Bonchev–Trinajstić information content (AvgIpc) is 2.16. The number of nitrogens with zero attached hydrogens (tertiary/aromatic N) is 2. The summed E-state index contributed by atoms with van der Waals surface area (Å²) in [4.78, 5) is 3.54. The van der Waals surface area contributed by atoms with E-state index in [0.29, 0.717) is 0 Å². The van der Waals surface area contributed by atoms with E-state index in [4.69, 9.17) is 15.7 Å². The largest absolute Gasteiger partial charge is 0.480 e. The van der Waals surface area contributed by atoms with Gasteiger partial charge in [0, 0.05) is 0 Å². The predicted molar refractivity (Wildman–Crippen MR) is 44.9 cm³/mol. The fraction of sp³-hybridized carbons (Fsp3) is 0.250. The molecule has 0 saturated heterocycles. The molecule has 0 spiro atoms. The number of rotatable bonds is 2. The smallest absolute Gasteiger partial charge is 0.267 e. The highest BCUT2D eigenvalue weighted by Crippen LogP contribution is 2.28. The lowest BCUT2D eigenvalue weighted by Crippen LogP contribution is -2.02. The van der Waals surface area contributed by atoms with Crippen LogP contribution in [0.5, 0.6) is 5.88 Å². The van der Waals surface area contributed by atoms with E-state index in [9.17, 15) is 8.78 Å². The van der Waals surface area contributed by atoms with E-state index in [1.165, 1.54) is 7.11 Å². The van der Waals surface area contributed by atoms with Crippen molar-refractivity contribution in [2.24, 2.45) is 0 Å². The van der Waals surface area contributed by atoms with Gasteiger partial charge in [0.1, 0.15) is 17.5 Å². The van der Waals surface area contributed by atoms with Gasteiger partial charge in [-0.25, -0.2) is 8.78 Å². The Balaban J connectivity index is 3.32. The zero-order valence-corrected chi connectivity index (χ0v) is 7.29. The molecular weight excluding hydrogens is 192 g/mol. The summed E-state index contributed by atoms with van der Waals surface area (Å²) in [5.74, 6) is -0.370. The molecule has 0 radical (unpaired) electrons. The minimum absolute atomic E-state index is 0.0469. The Bertz CT molecular complexity index is 387. The van der Waals surface area contributed by atoms with Crippen LogP contribution in [0.2, 0.25) is 0 Å². The molecule has 1 aromatic rings. The third-order valence-electron chi connectivity index (χ3n) is 1.60. The van der Waals surface area contributed by atoms with Crippen molar-refractivity contribution in [3.63, 3.8) is 0 Å². The van der Waals surface area contributed by atoms with Crippen molar-refractivity contribution in [3.8, 4) is 11.9 Å². The minimum atomic E-state index is -2.75. The number of nitrogen functional groups attached to an aromatic ring is 1. The Morgan fingerprint density at radius 3 is 2.71 bits per heavy atom. The fourth-order valence-corrected chi connectivity index (χ4v) is 0.936. The van der Waals surface area contributed by atoms with Crippen molar-refractivity contribution in [2.45, 2.75) is 6.43 Å². The normalized spacial score (nSPS) is 9.93. The molecule has 0 atom stereocenters. The van der Waals surface area contributed by atoms with Crippen LogP contribution in [0.15, 0.2) is 6.07 Å². The summed E-state index contributed by atoms with van der Waals surface area (Å²) in [6, 6.07) is 2.67. The van der Waals surface area contributed by atoms with Gasteiger partial charge in [-0.15, -0.1) is 0 Å². The van der Waals surface area contributed by atoms with Gasteiger partial charge in [-0.2, -0.15) is 10.2 Å². The molecule has 0 aliphatic heterocycles. The first-order valence-corrected chi connectivity index (χ1v) is 3.62. The van der Waals surface area contributed by atoms with E-state index in [1.54, 1.807) is 6.07 Å². The SMILES string of the molecule is COc1nc(N)c(C(F)F)cc1C#N. The fourth-order valence-electron chi connectivity index (χ4n) is 0.936. The summed E-state index contributed by atoms with van der Waals surface area (Å²) in [5, 5.41) is 8.59. The second-order valence-electron chi connectivity index (χ2n) is 2.43. The van der Waals surface area contributed by atoms with Crippen molar-refractivity contribution in [1.82, 2.24) is 4.98 Å². The third-order valence-corrected chi connectivity index (χ3v) is 1.60. The van der Waals surface area contributed by atoms with Crippen molar-refractivity contribution < 1.29 is 13.5 Å². The highest BCUT2D eigenvalue weighted by Gasteiger charge is 2.16. The maximum atomic E-state index is 12.3. The number of hydrogen-bond acceptors (Lipinski definition) is 4. The molecule has 0 unspecified atom stereocenters. The van der Waals surface area contributed by atoms with E-state index in [1.807, 2.05) is 0 Å². The zero-order chi connectivity index (χ0) is 10.7. The lowest BCUT2D eigenvalue weighted by Gasteiger charge is -2.07. The molecule has 6 heteroatoms. The molecule has 1 heterocycles. The number of ether oxygens (including phenoxy) is 1. The highest BCUT2D eigenvalue weighted by atomic mass is 19.3. The first kappa shape index (κ1) is 10.2. The molecule has 0 bridgehead atoms. The molecule has 1 aromatic heterocycles. The second-order valence-corrected chi connectivity index (χ2v) is 2.43. The molecular formula is C8H7F2N3O. The molecule has 74 valence electrons. The molecule has 0 aliphatic carbocycles. The quantitative estimate of drug-likeness (QED) is 0.782. The van der Waals surface area contributed by atoms with Crippen LogP contribution >= 0.6 is 0 Å². The maximum Gasteiger partial charge on any atom is 0.267 e. The maximum absolute atomic E-state index is 12.3. The molecule has 14 heavy (non-hydrogen) atoms. The number of aromatic nitrogens is 1. The predicted octanol–water partition coefficient (Wildman–Crippen LogP) is 1.48. The Morgan fingerprint density at radius 2 is 2.29 bits per heavy atom. The van der Waals surface area contributed by atoms with Gasteiger partial charge in [-0.05, 0) is 6.07 Å². The summed E-state index contributed by atoms with van der Waals surface area (Å²) >= 11 is 0. The lowest BCUT2D eigenvalue weighted by atomic mass is 10.2. The summed E-state index contributed by atoms with van der Waals surface area (Å²) in [5.41, 5.74) is 4.73. The topological polar surface area (TPSA) is 71.9 Å². The summed E-state index contributed by atoms with van der Waals surface area (Å²) < 4.78 is 29.3. The number of hydrogen-bond donors (Lipinski definition) is 1. The first-order chi connectivity index (χ1) is 6.60. The molecule has 0 saturated carbocycles. The van der Waals surface area contributed by atoms with Gasteiger partial charge in [-0.3, -0.25) is 0 Å². The molecule has 0 fully saturated rings. The summed E-state index contributed by atoms with van der Waals surface area (Å²) in [6.45, 7) is 0. The van der Waals surface area contributed by atoms with Gasteiger partial charge in [0.05, 0.1) is 12.7 Å². The number of pyridine rings is 1. The average molecular weight is 199 g/mol. The number of anilines is 1. The summed E-state index contributed by atoms with van der Waals surface area (Å²) in [7, 11) is 1.28.